The van der Waals surface area contributed by atoms with Gasteiger partial charge in [0.15, 0.2) is 11.7 Å². The van der Waals surface area contributed by atoms with Gasteiger partial charge in [0.2, 0.25) is 0 Å². The van der Waals surface area contributed by atoms with Gasteiger partial charge in [-0.3, -0.25) is 4.99 Å². The van der Waals surface area contributed by atoms with E-state index in [2.05, 4.69) is 34.6 Å². The molecular weight excluding hydrogens is 495 g/mol. The second kappa shape index (κ2) is 15.1. The van der Waals surface area contributed by atoms with Crippen LogP contribution in [0.15, 0.2) is 39.8 Å². The van der Waals surface area contributed by atoms with Crippen LogP contribution < -0.4 is 15.4 Å². The van der Waals surface area contributed by atoms with Crippen molar-refractivity contribution in [3.05, 3.63) is 47.3 Å². The van der Waals surface area contributed by atoms with Crippen LogP contribution in [0.5, 0.6) is 5.75 Å². The van der Waals surface area contributed by atoms with Crippen LogP contribution in [0.2, 0.25) is 0 Å². The molecule has 0 atom stereocenters. The Labute approximate surface area is 197 Å². The molecule has 2 rings (SSSR count). The highest BCUT2D eigenvalue weighted by atomic mass is 127. The molecule has 0 unspecified atom stereocenters. The van der Waals surface area contributed by atoms with Crippen LogP contribution >= 0.6 is 24.0 Å². The van der Waals surface area contributed by atoms with Crippen molar-refractivity contribution in [1.82, 2.24) is 15.8 Å². The summed E-state index contributed by atoms with van der Waals surface area (Å²) in [6.07, 6.45) is 3.03. The number of halogens is 1. The molecule has 0 fully saturated rings. The summed E-state index contributed by atoms with van der Waals surface area (Å²) in [5, 5.41) is 10.7. The molecule has 168 valence electrons. The van der Waals surface area contributed by atoms with Crippen LogP contribution in [0, 0.1) is 0 Å². The number of guanidine groups is 1. The topological polar surface area (TPSA) is 80.9 Å². The molecule has 0 aliphatic heterocycles. The summed E-state index contributed by atoms with van der Waals surface area (Å²) >= 11 is 0. The van der Waals surface area contributed by atoms with Gasteiger partial charge in [-0.25, -0.2) is 0 Å². The minimum absolute atomic E-state index is 0. The van der Waals surface area contributed by atoms with E-state index in [0.717, 1.165) is 54.5 Å². The molecular formula is C22H35IN4O3. The monoisotopic (exact) mass is 530 g/mol. The fourth-order valence-corrected chi connectivity index (χ4v) is 3.00. The van der Waals surface area contributed by atoms with Gasteiger partial charge in [0.1, 0.15) is 5.75 Å². The number of hydrogen-bond donors (Lipinski definition) is 2. The third-order valence-corrected chi connectivity index (χ3v) is 4.82. The van der Waals surface area contributed by atoms with E-state index in [9.17, 15) is 0 Å². The molecule has 0 amide bonds. The number of hydrogen-bond acceptors (Lipinski definition) is 5. The number of aliphatic imine (C=N–C) groups is 1. The van der Waals surface area contributed by atoms with Gasteiger partial charge in [0.25, 0.3) is 0 Å². The van der Waals surface area contributed by atoms with E-state index >= 15 is 0 Å². The van der Waals surface area contributed by atoms with Gasteiger partial charge in [-0.1, -0.05) is 31.1 Å². The van der Waals surface area contributed by atoms with E-state index in [4.69, 9.17) is 14.0 Å². The zero-order valence-electron chi connectivity index (χ0n) is 18.4. The predicted octanol–water partition coefficient (Wildman–Crippen LogP) is 4.48. The number of benzene rings is 1. The number of nitrogens with zero attached hydrogens (tertiary/aromatic N) is 2. The number of rotatable bonds is 12. The van der Waals surface area contributed by atoms with Gasteiger partial charge in [0.05, 0.1) is 26.0 Å². The van der Waals surface area contributed by atoms with E-state index in [0.29, 0.717) is 25.7 Å². The number of methoxy groups -OCH3 is 1. The molecule has 0 aliphatic carbocycles. The molecule has 0 aliphatic rings. The Kier molecular flexibility index (Phi) is 13.2. The van der Waals surface area contributed by atoms with Crippen LogP contribution in [-0.2, 0) is 17.9 Å². The Morgan fingerprint density at radius 3 is 2.53 bits per heavy atom. The minimum atomic E-state index is 0. The third kappa shape index (κ3) is 8.91. The highest BCUT2D eigenvalue weighted by Crippen LogP contribution is 2.22. The largest absolute Gasteiger partial charge is 0.497 e. The smallest absolute Gasteiger partial charge is 0.191 e. The van der Waals surface area contributed by atoms with Crippen LogP contribution in [0.3, 0.4) is 0 Å². The molecule has 0 bridgehead atoms. The van der Waals surface area contributed by atoms with Crippen LogP contribution in [0.25, 0.3) is 0 Å². The van der Waals surface area contributed by atoms with Crippen LogP contribution in [0.1, 0.15) is 56.0 Å². The number of ether oxygens (including phenoxy) is 2. The summed E-state index contributed by atoms with van der Waals surface area (Å²) in [5.74, 6) is 2.87. The van der Waals surface area contributed by atoms with Crippen molar-refractivity contribution in [2.45, 2.75) is 52.2 Å². The van der Waals surface area contributed by atoms with Crippen molar-refractivity contribution in [2.75, 3.05) is 27.3 Å². The quantitative estimate of drug-likeness (QED) is 0.182. The summed E-state index contributed by atoms with van der Waals surface area (Å²) in [5.41, 5.74) is 2.17. The maximum absolute atomic E-state index is 5.72. The summed E-state index contributed by atoms with van der Waals surface area (Å²) in [6.45, 7) is 6.96. The molecule has 1 heterocycles. The van der Waals surface area contributed by atoms with Gasteiger partial charge < -0.3 is 24.6 Å². The minimum Gasteiger partial charge on any atom is -0.497 e. The third-order valence-electron chi connectivity index (χ3n) is 4.82. The standard InChI is InChI=1S/C22H34N4O3.HI/c1-5-18(6-2)21-14-20(29-26-21)15-25-22(23-3)24-12-7-13-28-16-17-8-10-19(27-4)11-9-17;/h8-11,14,18H,5-7,12-13,15-16H2,1-4H3,(H2,23,24,25);1H. The summed E-state index contributed by atoms with van der Waals surface area (Å²) < 4.78 is 16.3. The van der Waals surface area contributed by atoms with Crippen molar-refractivity contribution in [3.63, 3.8) is 0 Å². The molecule has 1 aromatic carbocycles. The second-order valence-corrected chi connectivity index (χ2v) is 6.84. The molecule has 30 heavy (non-hydrogen) atoms. The first-order valence-electron chi connectivity index (χ1n) is 10.3. The van der Waals surface area contributed by atoms with Crippen LogP contribution in [0.4, 0.5) is 0 Å². The van der Waals surface area contributed by atoms with Gasteiger partial charge in [0, 0.05) is 32.2 Å². The van der Waals surface area contributed by atoms with E-state index in [1.807, 2.05) is 30.3 Å². The lowest BCUT2D eigenvalue weighted by molar-refractivity contribution is 0.119. The summed E-state index contributed by atoms with van der Waals surface area (Å²) in [6, 6.07) is 9.95. The van der Waals surface area contributed by atoms with Crippen molar-refractivity contribution >= 4 is 29.9 Å². The van der Waals surface area contributed by atoms with Gasteiger partial charge in [-0.15, -0.1) is 24.0 Å². The Balaban J connectivity index is 0.00000450. The average Bonchev–Trinajstić information content (AvgIpc) is 3.22. The fourth-order valence-electron chi connectivity index (χ4n) is 3.00. The highest BCUT2D eigenvalue weighted by molar-refractivity contribution is 14.0. The molecule has 7 nitrogen and oxygen atoms in total. The van der Waals surface area contributed by atoms with E-state index in [-0.39, 0.29) is 24.0 Å². The maximum Gasteiger partial charge on any atom is 0.191 e. The van der Waals surface area contributed by atoms with Crippen molar-refractivity contribution in [1.29, 1.82) is 0 Å². The lowest BCUT2D eigenvalue weighted by atomic mass is 9.99. The normalized spacial score (nSPS) is 11.3. The molecule has 2 aromatic rings. The molecule has 0 spiro atoms. The number of aromatic nitrogens is 1. The molecule has 0 saturated carbocycles. The lowest BCUT2D eigenvalue weighted by Crippen LogP contribution is -2.37. The van der Waals surface area contributed by atoms with Crippen LogP contribution in [-0.4, -0.2) is 38.4 Å². The van der Waals surface area contributed by atoms with E-state index in [1.165, 1.54) is 0 Å². The summed E-state index contributed by atoms with van der Waals surface area (Å²) in [4.78, 5) is 4.24. The van der Waals surface area contributed by atoms with Crippen molar-refractivity contribution in [3.8, 4) is 5.75 Å². The Morgan fingerprint density at radius 2 is 1.90 bits per heavy atom. The Hall–Kier alpha value is -1.81. The summed E-state index contributed by atoms with van der Waals surface area (Å²) in [7, 11) is 3.42. The Morgan fingerprint density at radius 1 is 1.17 bits per heavy atom. The molecule has 8 heteroatoms. The van der Waals surface area contributed by atoms with Crippen molar-refractivity contribution in [2.24, 2.45) is 4.99 Å². The van der Waals surface area contributed by atoms with Gasteiger partial charge >= 0.3 is 0 Å². The van der Waals surface area contributed by atoms with E-state index < -0.39 is 0 Å². The zero-order valence-corrected chi connectivity index (χ0v) is 20.8. The highest BCUT2D eigenvalue weighted by Gasteiger charge is 2.13. The molecule has 1 aromatic heterocycles. The fraction of sp³-hybridized carbons (Fsp3) is 0.545. The van der Waals surface area contributed by atoms with Gasteiger partial charge in [-0.2, -0.15) is 0 Å². The Bertz CT molecular complexity index is 730. The van der Waals surface area contributed by atoms with E-state index in [1.54, 1.807) is 14.2 Å². The first-order valence-corrected chi connectivity index (χ1v) is 10.3. The molecule has 2 N–H and O–H groups in total. The molecule has 0 saturated heterocycles. The van der Waals surface area contributed by atoms with Gasteiger partial charge in [-0.05, 0) is 37.0 Å². The lowest BCUT2D eigenvalue weighted by Gasteiger charge is -2.11. The maximum atomic E-state index is 5.72. The average molecular weight is 530 g/mol. The molecule has 0 radical (unpaired) electrons. The first-order chi connectivity index (χ1) is 14.2. The van der Waals surface area contributed by atoms with Crippen molar-refractivity contribution < 1.29 is 14.0 Å². The first kappa shape index (κ1) is 26.2. The number of nitrogens with one attached hydrogen (secondary N) is 2. The second-order valence-electron chi connectivity index (χ2n) is 6.84. The zero-order chi connectivity index (χ0) is 20.9. The SMILES string of the molecule is CCC(CC)c1cc(CNC(=NC)NCCCOCc2ccc(OC)cc2)on1.I. The predicted molar refractivity (Wildman–Crippen MR) is 131 cm³/mol.